The van der Waals surface area contributed by atoms with Gasteiger partial charge in [-0.3, -0.25) is 4.98 Å². The average Bonchev–Trinajstić information content (AvgIpc) is 2.30. The van der Waals surface area contributed by atoms with Gasteiger partial charge in [0.2, 0.25) is 0 Å². The van der Waals surface area contributed by atoms with Crippen LogP contribution in [0.5, 0.6) is 0 Å². The molecule has 1 aromatic carbocycles. The molecule has 2 N–H and O–H groups in total. The number of hydrogen-bond donors (Lipinski definition) is 1. The summed E-state index contributed by atoms with van der Waals surface area (Å²) in [5, 5.41) is 1.11. The summed E-state index contributed by atoms with van der Waals surface area (Å²) in [6, 6.07) is 8.15. The van der Waals surface area contributed by atoms with Gasteiger partial charge in [-0.15, -0.1) is 17.0 Å². The fourth-order valence-corrected chi connectivity index (χ4v) is 2.41. The smallest absolute Gasteiger partial charge is 0.0726 e. The zero-order chi connectivity index (χ0) is 10.3. The van der Waals surface area contributed by atoms with Crippen LogP contribution in [0.1, 0.15) is 24.1 Å². The van der Waals surface area contributed by atoms with Crippen LogP contribution in [-0.2, 0) is 12.8 Å². The quantitative estimate of drug-likeness (QED) is 0.803. The first-order valence-corrected chi connectivity index (χ1v) is 5.52. The molecule has 1 aliphatic carbocycles. The van der Waals surface area contributed by atoms with E-state index in [-0.39, 0.29) is 17.0 Å². The fourth-order valence-electron chi connectivity index (χ4n) is 2.41. The highest BCUT2D eigenvalue weighted by Gasteiger charge is 2.15. The topological polar surface area (TPSA) is 38.9 Å². The van der Waals surface area contributed by atoms with Crippen molar-refractivity contribution in [2.75, 3.05) is 5.73 Å². The number of aromatic nitrogens is 1. The Balaban J connectivity index is 0.000000963. The van der Waals surface area contributed by atoms with Crippen molar-refractivity contribution in [1.82, 2.24) is 4.98 Å². The van der Waals surface area contributed by atoms with Crippen LogP contribution in [0, 0.1) is 0 Å². The molecule has 84 valence electrons. The Kier molecular flexibility index (Phi) is 3.15. The number of rotatable bonds is 0. The summed E-state index contributed by atoms with van der Waals surface area (Å²) in [6.45, 7) is 0. The molecule has 1 aromatic heterocycles. The molecule has 2 nitrogen and oxygen atoms in total. The standard InChI is InChI=1S/C13H14N2.BrH/c14-13-9-5-1-3-7-11(9)15-12-8-4-2-6-10(12)13;/h1,3,5,7H,2,4,6,8H2,(H2,14,15);1H. The van der Waals surface area contributed by atoms with E-state index >= 15 is 0 Å². The molecular formula is C13H15BrN2. The van der Waals surface area contributed by atoms with E-state index < -0.39 is 0 Å². The van der Waals surface area contributed by atoms with Crippen LogP contribution < -0.4 is 5.73 Å². The Morgan fingerprint density at radius 2 is 1.81 bits per heavy atom. The van der Waals surface area contributed by atoms with Gasteiger partial charge in [-0.05, 0) is 37.3 Å². The lowest BCUT2D eigenvalue weighted by Gasteiger charge is -2.18. The van der Waals surface area contributed by atoms with Gasteiger partial charge >= 0.3 is 0 Å². The summed E-state index contributed by atoms with van der Waals surface area (Å²) < 4.78 is 0. The maximum atomic E-state index is 6.20. The molecule has 0 bridgehead atoms. The highest BCUT2D eigenvalue weighted by Crippen LogP contribution is 2.30. The lowest BCUT2D eigenvalue weighted by Crippen LogP contribution is -2.09. The minimum Gasteiger partial charge on any atom is -0.398 e. The van der Waals surface area contributed by atoms with E-state index in [2.05, 4.69) is 6.07 Å². The first kappa shape index (κ1) is 11.4. The van der Waals surface area contributed by atoms with E-state index in [1.807, 2.05) is 18.2 Å². The molecule has 3 heteroatoms. The molecule has 1 aliphatic rings. The van der Waals surface area contributed by atoms with Gasteiger partial charge in [0.15, 0.2) is 0 Å². The summed E-state index contributed by atoms with van der Waals surface area (Å²) in [4.78, 5) is 4.70. The van der Waals surface area contributed by atoms with Crippen molar-refractivity contribution in [1.29, 1.82) is 0 Å². The number of nitrogens with two attached hydrogens (primary N) is 1. The van der Waals surface area contributed by atoms with E-state index in [1.54, 1.807) is 0 Å². The van der Waals surface area contributed by atoms with Crippen LogP contribution in [0.15, 0.2) is 24.3 Å². The van der Waals surface area contributed by atoms with Gasteiger partial charge in [-0.2, -0.15) is 0 Å². The molecular weight excluding hydrogens is 264 g/mol. The Labute approximate surface area is 106 Å². The average molecular weight is 279 g/mol. The minimum absolute atomic E-state index is 0. The molecule has 0 radical (unpaired) electrons. The molecule has 16 heavy (non-hydrogen) atoms. The molecule has 0 unspecified atom stereocenters. The predicted octanol–water partition coefficient (Wildman–Crippen LogP) is 3.27. The lowest BCUT2D eigenvalue weighted by atomic mass is 9.93. The van der Waals surface area contributed by atoms with Crippen LogP contribution in [0.4, 0.5) is 5.69 Å². The maximum Gasteiger partial charge on any atom is 0.0726 e. The van der Waals surface area contributed by atoms with Crippen LogP contribution >= 0.6 is 17.0 Å². The summed E-state index contributed by atoms with van der Waals surface area (Å²) in [6.07, 6.45) is 4.68. The van der Waals surface area contributed by atoms with Gasteiger partial charge in [0, 0.05) is 16.8 Å². The van der Waals surface area contributed by atoms with Crippen molar-refractivity contribution in [3.63, 3.8) is 0 Å². The van der Waals surface area contributed by atoms with Gasteiger partial charge in [0.25, 0.3) is 0 Å². The highest BCUT2D eigenvalue weighted by molar-refractivity contribution is 8.93. The number of aryl methyl sites for hydroxylation is 1. The van der Waals surface area contributed by atoms with Crippen LogP contribution in [0.3, 0.4) is 0 Å². The van der Waals surface area contributed by atoms with Crippen molar-refractivity contribution in [2.45, 2.75) is 25.7 Å². The third-order valence-corrected chi connectivity index (χ3v) is 3.21. The zero-order valence-corrected chi connectivity index (χ0v) is 10.8. The molecule has 0 spiro atoms. The molecule has 0 amide bonds. The molecule has 0 saturated carbocycles. The monoisotopic (exact) mass is 278 g/mol. The largest absolute Gasteiger partial charge is 0.398 e. The van der Waals surface area contributed by atoms with Gasteiger partial charge in [-0.1, -0.05) is 18.2 Å². The summed E-state index contributed by atoms with van der Waals surface area (Å²) >= 11 is 0. The Bertz CT molecular complexity index is 523. The second kappa shape index (κ2) is 4.42. The number of halogens is 1. The van der Waals surface area contributed by atoms with Gasteiger partial charge in [-0.25, -0.2) is 0 Å². The summed E-state index contributed by atoms with van der Waals surface area (Å²) in [5.74, 6) is 0. The Morgan fingerprint density at radius 1 is 1.06 bits per heavy atom. The number of nitrogens with zero attached hydrogens (tertiary/aromatic N) is 1. The summed E-state index contributed by atoms with van der Waals surface area (Å²) in [5.41, 5.74) is 10.7. The van der Waals surface area contributed by atoms with Gasteiger partial charge in [0.1, 0.15) is 0 Å². The van der Waals surface area contributed by atoms with Gasteiger partial charge in [0.05, 0.1) is 5.52 Å². The molecule has 3 rings (SSSR count). The van der Waals surface area contributed by atoms with E-state index in [0.717, 1.165) is 29.4 Å². The number of fused-ring (bicyclic) bond motifs is 2. The molecule has 1 heterocycles. The van der Waals surface area contributed by atoms with Crippen molar-refractivity contribution in [3.05, 3.63) is 35.5 Å². The SMILES string of the molecule is Br.Nc1c2c(nc3ccccc13)CCCC2. The third-order valence-electron chi connectivity index (χ3n) is 3.21. The van der Waals surface area contributed by atoms with Gasteiger partial charge < -0.3 is 5.73 Å². The normalized spacial score (nSPS) is 14.2. The number of benzene rings is 1. The van der Waals surface area contributed by atoms with Crippen LogP contribution in [0.25, 0.3) is 10.9 Å². The van der Waals surface area contributed by atoms with Crippen molar-refractivity contribution >= 4 is 33.6 Å². The minimum atomic E-state index is 0. The molecule has 0 aliphatic heterocycles. The van der Waals surface area contributed by atoms with Crippen LogP contribution in [-0.4, -0.2) is 4.98 Å². The van der Waals surface area contributed by atoms with E-state index in [1.165, 1.54) is 24.1 Å². The fraction of sp³-hybridized carbons (Fsp3) is 0.308. The number of pyridine rings is 1. The molecule has 0 fully saturated rings. The second-order valence-corrected chi connectivity index (χ2v) is 4.17. The van der Waals surface area contributed by atoms with E-state index in [0.29, 0.717) is 0 Å². The van der Waals surface area contributed by atoms with Crippen molar-refractivity contribution < 1.29 is 0 Å². The first-order valence-electron chi connectivity index (χ1n) is 5.52. The predicted molar refractivity (Wildman–Crippen MR) is 73.1 cm³/mol. The number of nitrogen functional groups attached to an aromatic ring is 1. The zero-order valence-electron chi connectivity index (χ0n) is 9.07. The first-order chi connectivity index (χ1) is 7.36. The Hall–Kier alpha value is -1.09. The maximum absolute atomic E-state index is 6.20. The van der Waals surface area contributed by atoms with Crippen molar-refractivity contribution in [2.24, 2.45) is 0 Å². The molecule has 2 aromatic rings. The molecule has 0 atom stereocenters. The van der Waals surface area contributed by atoms with Crippen LogP contribution in [0.2, 0.25) is 0 Å². The molecule has 0 saturated heterocycles. The Morgan fingerprint density at radius 3 is 2.69 bits per heavy atom. The highest BCUT2D eigenvalue weighted by atomic mass is 79.9. The van der Waals surface area contributed by atoms with Crippen molar-refractivity contribution in [3.8, 4) is 0 Å². The number of para-hydroxylation sites is 1. The lowest BCUT2D eigenvalue weighted by molar-refractivity contribution is 0.673. The van der Waals surface area contributed by atoms with E-state index in [4.69, 9.17) is 10.7 Å². The number of anilines is 1. The van der Waals surface area contributed by atoms with E-state index in [9.17, 15) is 0 Å². The summed E-state index contributed by atoms with van der Waals surface area (Å²) in [7, 11) is 0. The number of hydrogen-bond acceptors (Lipinski definition) is 2. The second-order valence-electron chi connectivity index (χ2n) is 4.17. The third kappa shape index (κ3) is 1.69.